The Hall–Kier alpha value is -3.14. The topological polar surface area (TPSA) is 216 Å². The molecule has 15 nitrogen and oxygen atoms in total. The fourth-order valence-corrected chi connectivity index (χ4v) is 5.04. The van der Waals surface area contributed by atoms with Gasteiger partial charge in [0.25, 0.3) is 0 Å². The molecule has 52 heavy (non-hydrogen) atoms. The predicted molar refractivity (Wildman–Crippen MR) is 195 cm³/mol. The average molecular weight is 746 g/mol. The third-order valence-electron chi connectivity index (χ3n) is 8.11. The predicted octanol–water partition coefficient (Wildman–Crippen LogP) is 3.94. The Morgan fingerprint density at radius 1 is 0.500 bits per heavy atom. The van der Waals surface area contributed by atoms with Crippen molar-refractivity contribution < 1.29 is 57.9 Å². The van der Waals surface area contributed by atoms with Gasteiger partial charge in [0.1, 0.15) is 19.3 Å². The second kappa shape index (κ2) is 36.2. The Morgan fingerprint density at radius 3 is 1.42 bits per heavy atom. The molecule has 0 heterocycles. The van der Waals surface area contributed by atoms with Gasteiger partial charge in [-0.25, -0.2) is 4.79 Å². The maximum Gasteiger partial charge on any atom is 0.326 e. The van der Waals surface area contributed by atoms with Crippen LogP contribution in [-0.2, 0) is 47.7 Å². The van der Waals surface area contributed by atoms with E-state index in [-0.39, 0.29) is 88.8 Å². The minimum atomic E-state index is -1.18. The standard InChI is InChI=1S/C37H67N3O12/c1-2-31(41)29-51-27-25-50-24-22-39-35(44)30-52-28-26-49-23-21-38-33(42)20-19-32(37(47)48)40-34(43)17-15-13-11-9-7-5-3-4-6-8-10-12-14-16-18-36(45)46/h32H,2-30H2,1H3,(H,38,42)(H,39,44)(H,40,43)(H,45,46)(H,47,48). The smallest absolute Gasteiger partial charge is 0.326 e. The van der Waals surface area contributed by atoms with Crippen molar-refractivity contribution in [3.05, 3.63) is 0 Å². The van der Waals surface area contributed by atoms with Gasteiger partial charge in [0.05, 0.1) is 39.6 Å². The van der Waals surface area contributed by atoms with Gasteiger partial charge in [0.15, 0.2) is 5.78 Å². The number of hydrogen-bond donors (Lipinski definition) is 5. The quantitative estimate of drug-likeness (QED) is 0.0566. The van der Waals surface area contributed by atoms with Gasteiger partial charge in [-0.1, -0.05) is 84.0 Å². The van der Waals surface area contributed by atoms with Gasteiger partial charge in [-0.15, -0.1) is 0 Å². The molecular weight excluding hydrogens is 678 g/mol. The number of Topliss-reactive ketones (excluding diaryl/α,β-unsaturated/α-hetero) is 1. The monoisotopic (exact) mass is 745 g/mol. The van der Waals surface area contributed by atoms with E-state index in [1.807, 2.05) is 0 Å². The number of carbonyl (C=O) groups excluding carboxylic acids is 4. The molecule has 302 valence electrons. The van der Waals surface area contributed by atoms with Crippen molar-refractivity contribution in [2.75, 3.05) is 65.9 Å². The Morgan fingerprint density at radius 2 is 0.942 bits per heavy atom. The number of rotatable bonds is 39. The van der Waals surface area contributed by atoms with Gasteiger partial charge in [-0.05, 0) is 19.3 Å². The molecule has 0 spiro atoms. The maximum absolute atomic E-state index is 12.3. The van der Waals surface area contributed by atoms with Crippen LogP contribution in [0.15, 0.2) is 0 Å². The summed E-state index contributed by atoms with van der Waals surface area (Å²) in [7, 11) is 0. The maximum atomic E-state index is 12.3. The second-order valence-corrected chi connectivity index (χ2v) is 12.8. The highest BCUT2D eigenvalue weighted by molar-refractivity contribution is 5.84. The summed E-state index contributed by atoms with van der Waals surface area (Å²) in [6, 6.07) is -1.13. The molecule has 3 amide bonds. The molecule has 0 aromatic carbocycles. The number of nitrogens with one attached hydrogen (secondary N) is 3. The van der Waals surface area contributed by atoms with Crippen molar-refractivity contribution in [1.29, 1.82) is 0 Å². The molecule has 0 saturated heterocycles. The summed E-state index contributed by atoms with van der Waals surface area (Å²) >= 11 is 0. The van der Waals surface area contributed by atoms with Gasteiger partial charge in [-0.2, -0.15) is 0 Å². The molecule has 5 N–H and O–H groups in total. The second-order valence-electron chi connectivity index (χ2n) is 12.8. The summed E-state index contributed by atoms with van der Waals surface area (Å²) in [4.78, 5) is 69.4. The number of ether oxygens (including phenoxy) is 4. The molecule has 0 aromatic rings. The summed E-state index contributed by atoms with van der Waals surface area (Å²) in [5.41, 5.74) is 0. The third-order valence-corrected chi connectivity index (χ3v) is 8.11. The van der Waals surface area contributed by atoms with Crippen LogP contribution >= 0.6 is 0 Å². The first-order valence-electron chi connectivity index (χ1n) is 19.3. The number of aliphatic carboxylic acids is 2. The third kappa shape index (κ3) is 35.3. The average Bonchev–Trinajstić information content (AvgIpc) is 3.11. The fraction of sp³-hybridized carbons (Fsp3) is 0.838. The molecule has 0 aliphatic rings. The lowest BCUT2D eigenvalue weighted by Crippen LogP contribution is -2.41. The van der Waals surface area contributed by atoms with Crippen LogP contribution in [0, 0.1) is 0 Å². The molecule has 0 rings (SSSR count). The zero-order valence-corrected chi connectivity index (χ0v) is 31.6. The highest BCUT2D eigenvalue weighted by atomic mass is 16.5. The Balaban J connectivity index is 3.66. The van der Waals surface area contributed by atoms with Crippen LogP contribution in [0.25, 0.3) is 0 Å². The van der Waals surface area contributed by atoms with E-state index in [0.29, 0.717) is 39.2 Å². The number of carbonyl (C=O) groups is 6. The van der Waals surface area contributed by atoms with Gasteiger partial charge in [-0.3, -0.25) is 24.0 Å². The van der Waals surface area contributed by atoms with Crippen LogP contribution in [0.5, 0.6) is 0 Å². The van der Waals surface area contributed by atoms with E-state index in [4.69, 9.17) is 24.1 Å². The molecule has 1 unspecified atom stereocenters. The van der Waals surface area contributed by atoms with Crippen molar-refractivity contribution in [1.82, 2.24) is 16.0 Å². The molecular formula is C37H67N3O12. The summed E-state index contributed by atoms with van der Waals surface area (Å²) in [5.74, 6) is -2.81. The largest absolute Gasteiger partial charge is 0.481 e. The number of ketones is 1. The van der Waals surface area contributed by atoms with Crippen LogP contribution in [0.1, 0.15) is 129 Å². The highest BCUT2D eigenvalue weighted by Crippen LogP contribution is 2.14. The van der Waals surface area contributed by atoms with Crippen LogP contribution in [-0.4, -0.2) is 118 Å². The first kappa shape index (κ1) is 48.9. The molecule has 0 radical (unpaired) electrons. The van der Waals surface area contributed by atoms with Gasteiger partial charge < -0.3 is 45.1 Å². The molecule has 0 bridgehead atoms. The van der Waals surface area contributed by atoms with E-state index in [2.05, 4.69) is 16.0 Å². The van der Waals surface area contributed by atoms with Crippen molar-refractivity contribution in [2.24, 2.45) is 0 Å². The van der Waals surface area contributed by atoms with Gasteiger partial charge in [0, 0.05) is 38.8 Å². The molecule has 0 fully saturated rings. The normalized spacial score (nSPS) is 11.6. The minimum Gasteiger partial charge on any atom is -0.481 e. The van der Waals surface area contributed by atoms with Crippen LogP contribution in [0.4, 0.5) is 0 Å². The lowest BCUT2D eigenvalue weighted by Gasteiger charge is -2.14. The Kier molecular flexibility index (Phi) is 34.0. The van der Waals surface area contributed by atoms with E-state index in [1.165, 1.54) is 44.9 Å². The molecule has 0 saturated carbocycles. The summed E-state index contributed by atoms with van der Waals surface area (Å²) in [6.07, 6.45) is 16.0. The number of hydrogen-bond acceptors (Lipinski definition) is 10. The SMILES string of the molecule is CCC(=O)COCCOCCNC(=O)COCCOCCNC(=O)CCC(NC(=O)CCCCCCCCCCCCCCCCC(=O)O)C(=O)O. The lowest BCUT2D eigenvalue weighted by molar-refractivity contribution is -0.142. The molecule has 1 atom stereocenters. The van der Waals surface area contributed by atoms with Crippen molar-refractivity contribution in [2.45, 2.75) is 135 Å². The summed E-state index contributed by atoms with van der Waals surface area (Å²) in [5, 5.41) is 25.9. The first-order valence-corrected chi connectivity index (χ1v) is 19.3. The van der Waals surface area contributed by atoms with E-state index in [0.717, 1.165) is 38.5 Å². The van der Waals surface area contributed by atoms with Crippen LogP contribution in [0.3, 0.4) is 0 Å². The fourth-order valence-electron chi connectivity index (χ4n) is 5.04. The number of unbranched alkanes of at least 4 members (excludes halogenated alkanes) is 13. The minimum absolute atomic E-state index is 0.0157. The zero-order valence-electron chi connectivity index (χ0n) is 31.6. The molecule has 0 aliphatic carbocycles. The van der Waals surface area contributed by atoms with E-state index < -0.39 is 18.0 Å². The van der Waals surface area contributed by atoms with E-state index in [9.17, 15) is 33.9 Å². The first-order chi connectivity index (χ1) is 25.1. The number of carboxylic acids is 2. The molecule has 15 heteroatoms. The highest BCUT2D eigenvalue weighted by Gasteiger charge is 2.20. The van der Waals surface area contributed by atoms with Crippen molar-refractivity contribution in [3.8, 4) is 0 Å². The van der Waals surface area contributed by atoms with Crippen LogP contribution in [0.2, 0.25) is 0 Å². The zero-order chi connectivity index (χ0) is 38.5. The molecule has 0 aliphatic heterocycles. The van der Waals surface area contributed by atoms with E-state index in [1.54, 1.807) is 6.92 Å². The summed E-state index contributed by atoms with van der Waals surface area (Å²) in [6.45, 7) is 3.84. The summed E-state index contributed by atoms with van der Waals surface area (Å²) < 4.78 is 21.1. The van der Waals surface area contributed by atoms with E-state index >= 15 is 0 Å². The number of amides is 3. The van der Waals surface area contributed by atoms with Crippen LogP contribution < -0.4 is 16.0 Å². The van der Waals surface area contributed by atoms with Gasteiger partial charge >= 0.3 is 11.9 Å². The Bertz CT molecular complexity index is 966. The van der Waals surface area contributed by atoms with Gasteiger partial charge in [0.2, 0.25) is 17.7 Å². The van der Waals surface area contributed by atoms with Crippen molar-refractivity contribution in [3.63, 3.8) is 0 Å². The number of carboxylic acid groups (broad SMARTS) is 2. The molecule has 0 aromatic heterocycles. The lowest BCUT2D eigenvalue weighted by atomic mass is 10.0. The Labute approximate surface area is 310 Å². The van der Waals surface area contributed by atoms with Crippen molar-refractivity contribution >= 4 is 35.4 Å².